The van der Waals surface area contributed by atoms with Gasteiger partial charge in [0.2, 0.25) is 5.91 Å². The van der Waals surface area contributed by atoms with Crippen molar-refractivity contribution >= 4 is 11.9 Å². The van der Waals surface area contributed by atoms with Crippen LogP contribution in [0.1, 0.15) is 36.0 Å². The molecular formula is C35H40N4O10. The lowest BCUT2D eigenvalue weighted by Gasteiger charge is -2.36. The molecule has 0 atom stereocenters. The van der Waals surface area contributed by atoms with Crippen molar-refractivity contribution in [3.05, 3.63) is 127 Å². The van der Waals surface area contributed by atoms with Gasteiger partial charge < -0.3 is 29.7 Å². The first-order valence-electron chi connectivity index (χ1n) is 15.7. The fourth-order valence-electron chi connectivity index (χ4n) is 5.52. The highest BCUT2D eigenvalue weighted by molar-refractivity contribution is 5.76. The lowest BCUT2D eigenvalue weighted by atomic mass is 9.80. The van der Waals surface area contributed by atoms with Crippen LogP contribution < -0.4 is 31.9 Å². The maximum absolute atomic E-state index is 13.6. The number of carbonyl (C=O) groups is 2. The number of hydrogen-bond acceptors (Lipinski definition) is 9. The van der Waals surface area contributed by atoms with Crippen LogP contribution in [0.3, 0.4) is 0 Å². The van der Waals surface area contributed by atoms with E-state index in [1.54, 1.807) is 38.5 Å². The molecule has 0 aliphatic rings. The number of rotatable bonds is 18. The fourth-order valence-corrected chi connectivity index (χ4v) is 5.52. The maximum Gasteiger partial charge on any atom is 0.336 e. The summed E-state index contributed by atoms with van der Waals surface area (Å²) < 4.78 is 20.0. The second kappa shape index (κ2) is 17.1. The SMILES string of the molecule is COc1ccc(C(OCCn2c(=O)n(CCO)c(=O)n(CCNC(=O)CCCC(=O)O)c2=O)(c2ccccc2)c2ccc(OC)cc2)cc1. The lowest BCUT2D eigenvalue weighted by Crippen LogP contribution is -2.56. The largest absolute Gasteiger partial charge is 0.497 e. The molecule has 0 saturated heterocycles. The Hall–Kier alpha value is -5.47. The zero-order chi connectivity index (χ0) is 35.4. The minimum atomic E-state index is -1.23. The van der Waals surface area contributed by atoms with Gasteiger partial charge in [0, 0.05) is 25.9 Å². The molecule has 4 aromatic rings. The van der Waals surface area contributed by atoms with E-state index in [0.717, 1.165) is 30.4 Å². The number of aromatic nitrogens is 3. The third-order valence-corrected chi connectivity index (χ3v) is 7.97. The lowest BCUT2D eigenvalue weighted by molar-refractivity contribution is -0.137. The average molecular weight is 677 g/mol. The summed E-state index contributed by atoms with van der Waals surface area (Å²) in [5.74, 6) is -0.199. The third-order valence-electron chi connectivity index (χ3n) is 7.97. The highest BCUT2D eigenvalue weighted by Gasteiger charge is 2.38. The van der Waals surface area contributed by atoms with E-state index in [-0.39, 0.29) is 52.0 Å². The second-order valence-electron chi connectivity index (χ2n) is 11.0. The molecule has 4 rings (SSSR count). The smallest absolute Gasteiger partial charge is 0.336 e. The van der Waals surface area contributed by atoms with Gasteiger partial charge in [-0.3, -0.25) is 9.59 Å². The molecule has 0 saturated carbocycles. The number of aliphatic hydroxyl groups excluding tert-OH is 1. The van der Waals surface area contributed by atoms with Gasteiger partial charge in [-0.1, -0.05) is 54.6 Å². The van der Waals surface area contributed by atoms with Crippen molar-refractivity contribution in [2.24, 2.45) is 0 Å². The van der Waals surface area contributed by atoms with Gasteiger partial charge in [0.25, 0.3) is 0 Å². The van der Waals surface area contributed by atoms with Gasteiger partial charge in [-0.25, -0.2) is 28.1 Å². The van der Waals surface area contributed by atoms with Gasteiger partial charge in [-0.15, -0.1) is 0 Å². The van der Waals surface area contributed by atoms with E-state index < -0.39 is 41.2 Å². The van der Waals surface area contributed by atoms with E-state index in [1.807, 2.05) is 54.6 Å². The molecule has 0 aliphatic carbocycles. The van der Waals surface area contributed by atoms with Gasteiger partial charge in [-0.2, -0.15) is 0 Å². The molecule has 0 unspecified atom stereocenters. The Morgan fingerprint density at radius 2 is 1.18 bits per heavy atom. The number of methoxy groups -OCH3 is 2. The normalized spacial score (nSPS) is 11.2. The molecule has 49 heavy (non-hydrogen) atoms. The quantitative estimate of drug-likeness (QED) is 0.131. The fraction of sp³-hybridized carbons (Fsp3) is 0.343. The van der Waals surface area contributed by atoms with Gasteiger partial charge >= 0.3 is 23.0 Å². The Morgan fingerprint density at radius 1 is 0.694 bits per heavy atom. The Kier molecular flexibility index (Phi) is 12.7. The van der Waals surface area contributed by atoms with Crippen LogP contribution in [-0.4, -0.2) is 69.8 Å². The molecule has 1 amide bonds. The van der Waals surface area contributed by atoms with Crippen molar-refractivity contribution in [3.8, 4) is 11.5 Å². The summed E-state index contributed by atoms with van der Waals surface area (Å²) in [7, 11) is 3.13. The number of amides is 1. The number of aliphatic hydroxyl groups is 1. The molecule has 1 aromatic heterocycles. The van der Waals surface area contributed by atoms with Crippen molar-refractivity contribution in [3.63, 3.8) is 0 Å². The molecule has 0 aliphatic heterocycles. The second-order valence-corrected chi connectivity index (χ2v) is 11.0. The summed E-state index contributed by atoms with van der Waals surface area (Å²) in [6.45, 7) is -1.70. The Morgan fingerprint density at radius 3 is 1.67 bits per heavy atom. The van der Waals surface area contributed by atoms with Crippen molar-refractivity contribution in [2.75, 3.05) is 34.0 Å². The molecule has 3 N–H and O–H groups in total. The van der Waals surface area contributed by atoms with E-state index >= 15 is 0 Å². The highest BCUT2D eigenvalue weighted by atomic mass is 16.5. The number of nitrogens with zero attached hydrogens (tertiary/aromatic N) is 3. The molecule has 14 heteroatoms. The molecule has 0 bridgehead atoms. The van der Waals surface area contributed by atoms with Crippen LogP contribution in [0.25, 0.3) is 0 Å². The van der Waals surface area contributed by atoms with Gasteiger partial charge in [0.05, 0.1) is 40.5 Å². The zero-order valence-corrected chi connectivity index (χ0v) is 27.4. The molecule has 0 radical (unpaired) electrons. The summed E-state index contributed by atoms with van der Waals surface area (Å²) in [6.07, 6.45) is -0.0839. The molecule has 260 valence electrons. The summed E-state index contributed by atoms with van der Waals surface area (Å²) in [4.78, 5) is 63.0. The molecule has 1 heterocycles. The van der Waals surface area contributed by atoms with Crippen LogP contribution in [0.15, 0.2) is 93.2 Å². The van der Waals surface area contributed by atoms with Crippen LogP contribution in [0, 0.1) is 0 Å². The van der Waals surface area contributed by atoms with Crippen molar-refractivity contribution in [1.29, 1.82) is 0 Å². The number of nitrogens with one attached hydrogen (secondary N) is 1. The number of ether oxygens (including phenoxy) is 3. The van der Waals surface area contributed by atoms with Gasteiger partial charge in [0.1, 0.15) is 17.1 Å². The van der Waals surface area contributed by atoms with Gasteiger partial charge in [-0.05, 0) is 47.4 Å². The number of carbonyl (C=O) groups excluding carboxylic acids is 1. The number of aliphatic carboxylic acids is 1. The summed E-state index contributed by atoms with van der Waals surface area (Å²) in [5, 5.41) is 20.9. The van der Waals surface area contributed by atoms with Crippen molar-refractivity contribution < 1.29 is 34.0 Å². The van der Waals surface area contributed by atoms with Crippen molar-refractivity contribution in [2.45, 2.75) is 44.5 Å². The van der Waals surface area contributed by atoms with Crippen LogP contribution in [0.5, 0.6) is 11.5 Å². The van der Waals surface area contributed by atoms with E-state index in [0.29, 0.717) is 11.5 Å². The number of carboxylic acids is 1. The van der Waals surface area contributed by atoms with Crippen molar-refractivity contribution in [1.82, 2.24) is 19.0 Å². The van der Waals surface area contributed by atoms with Crippen LogP contribution in [-0.2, 0) is 39.6 Å². The minimum absolute atomic E-state index is 0.0433. The highest BCUT2D eigenvalue weighted by Crippen LogP contribution is 2.41. The predicted octanol–water partition coefficient (Wildman–Crippen LogP) is 1.56. The third kappa shape index (κ3) is 8.52. The topological polar surface area (TPSA) is 180 Å². The molecule has 0 fully saturated rings. The zero-order valence-electron chi connectivity index (χ0n) is 27.4. The number of hydrogen-bond donors (Lipinski definition) is 3. The number of carboxylic acid groups (broad SMARTS) is 1. The standard InChI is InChI=1S/C35H40N4O10/c1-47-28-15-11-26(12-16-28)35(25-7-4-3-5-8-25,27-13-17-29(48-2)18-14-27)49-24-22-39-33(45)37(32(44)38(21-23-40)34(39)46)20-19-36-30(41)9-6-10-31(42)43/h3-5,7-8,11-18,40H,6,9-10,19-24H2,1-2H3,(H,36,41)(H,42,43). The molecular weight excluding hydrogens is 636 g/mol. The van der Waals surface area contributed by atoms with E-state index in [9.17, 15) is 29.1 Å². The summed E-state index contributed by atoms with van der Waals surface area (Å²) in [6, 6.07) is 24.1. The predicted molar refractivity (Wildman–Crippen MR) is 179 cm³/mol. The van der Waals surface area contributed by atoms with Crippen LogP contribution in [0.4, 0.5) is 0 Å². The Labute approximate surface area is 281 Å². The van der Waals surface area contributed by atoms with Crippen LogP contribution >= 0.6 is 0 Å². The molecule has 3 aromatic carbocycles. The summed E-state index contributed by atoms with van der Waals surface area (Å²) in [5.41, 5.74) is -1.76. The Bertz CT molecular complexity index is 1830. The van der Waals surface area contributed by atoms with E-state index in [4.69, 9.17) is 19.3 Å². The first kappa shape index (κ1) is 36.4. The van der Waals surface area contributed by atoms with E-state index in [1.165, 1.54) is 0 Å². The van der Waals surface area contributed by atoms with E-state index in [2.05, 4.69) is 5.32 Å². The maximum atomic E-state index is 13.6. The number of benzene rings is 3. The molecule has 0 spiro atoms. The first-order chi connectivity index (χ1) is 23.7. The average Bonchev–Trinajstić information content (AvgIpc) is 3.12. The minimum Gasteiger partial charge on any atom is -0.497 e. The summed E-state index contributed by atoms with van der Waals surface area (Å²) >= 11 is 0. The Balaban J connectivity index is 1.70. The molecule has 14 nitrogen and oxygen atoms in total. The monoisotopic (exact) mass is 676 g/mol. The first-order valence-corrected chi connectivity index (χ1v) is 15.7. The van der Waals surface area contributed by atoms with Crippen LogP contribution in [0.2, 0.25) is 0 Å². The van der Waals surface area contributed by atoms with Gasteiger partial charge in [0.15, 0.2) is 0 Å².